The number of anilines is 1. The quantitative estimate of drug-likeness (QED) is 0.774. The summed E-state index contributed by atoms with van der Waals surface area (Å²) >= 11 is 0. The van der Waals surface area contributed by atoms with Gasteiger partial charge >= 0.3 is 0 Å². The molecular weight excluding hydrogens is 211 g/mol. The molecule has 0 unspecified atom stereocenters. The number of rotatable bonds is 2. The molecule has 0 saturated carbocycles. The van der Waals surface area contributed by atoms with Gasteiger partial charge < -0.3 is 5.32 Å². The number of amides is 1. The van der Waals surface area contributed by atoms with Crippen molar-refractivity contribution >= 4 is 11.7 Å². The zero-order valence-electron chi connectivity index (χ0n) is 8.51. The Balaban J connectivity index is 2.13. The first-order chi connectivity index (χ1) is 7.65. The Labute approximate surface area is 90.9 Å². The van der Waals surface area contributed by atoms with E-state index in [9.17, 15) is 9.18 Å². The van der Waals surface area contributed by atoms with Crippen LogP contribution in [0.1, 0.15) is 10.5 Å². The standard InChI is InChI=1S/C10H9FN4O/c1-15-6-5-7(14-15)10(16)13-9-4-2-3-8(11)12-9/h2-6H,1H3,(H,12,13,16). The molecule has 5 nitrogen and oxygen atoms in total. The summed E-state index contributed by atoms with van der Waals surface area (Å²) in [6.07, 6.45) is 1.65. The number of carbonyl (C=O) groups excluding carboxylic acids is 1. The zero-order valence-corrected chi connectivity index (χ0v) is 8.51. The van der Waals surface area contributed by atoms with Gasteiger partial charge in [-0.25, -0.2) is 4.98 Å². The Hall–Kier alpha value is -2.24. The third-order valence-electron chi connectivity index (χ3n) is 1.90. The number of carbonyl (C=O) groups is 1. The maximum atomic E-state index is 12.7. The van der Waals surface area contributed by atoms with Crippen molar-refractivity contribution in [3.63, 3.8) is 0 Å². The third-order valence-corrected chi connectivity index (χ3v) is 1.90. The van der Waals surface area contributed by atoms with E-state index in [2.05, 4.69) is 15.4 Å². The van der Waals surface area contributed by atoms with Crippen LogP contribution in [0.4, 0.5) is 10.2 Å². The van der Waals surface area contributed by atoms with Crippen LogP contribution in [-0.2, 0) is 7.05 Å². The van der Waals surface area contributed by atoms with Crippen molar-refractivity contribution in [2.75, 3.05) is 5.32 Å². The molecule has 0 aromatic carbocycles. The Morgan fingerprint density at radius 1 is 1.44 bits per heavy atom. The van der Waals surface area contributed by atoms with E-state index >= 15 is 0 Å². The second kappa shape index (κ2) is 4.09. The molecule has 0 aliphatic rings. The molecule has 82 valence electrons. The second-order valence-corrected chi connectivity index (χ2v) is 3.17. The number of pyridine rings is 1. The van der Waals surface area contributed by atoms with Crippen LogP contribution in [0.3, 0.4) is 0 Å². The lowest BCUT2D eigenvalue weighted by Gasteiger charge is -2.01. The maximum absolute atomic E-state index is 12.7. The zero-order chi connectivity index (χ0) is 11.5. The highest BCUT2D eigenvalue weighted by molar-refractivity contribution is 6.02. The lowest BCUT2D eigenvalue weighted by atomic mass is 10.4. The van der Waals surface area contributed by atoms with E-state index in [1.54, 1.807) is 19.3 Å². The minimum Gasteiger partial charge on any atom is -0.305 e. The summed E-state index contributed by atoms with van der Waals surface area (Å²) in [6, 6.07) is 5.74. The highest BCUT2D eigenvalue weighted by Gasteiger charge is 2.09. The van der Waals surface area contributed by atoms with Crippen LogP contribution in [0.25, 0.3) is 0 Å². The average molecular weight is 220 g/mol. The normalized spacial score (nSPS) is 10.1. The highest BCUT2D eigenvalue weighted by Crippen LogP contribution is 2.05. The van der Waals surface area contributed by atoms with Gasteiger partial charge in [-0.1, -0.05) is 6.07 Å². The minimum atomic E-state index is -0.640. The molecule has 2 aromatic rings. The topological polar surface area (TPSA) is 59.8 Å². The number of hydrogen-bond acceptors (Lipinski definition) is 3. The molecule has 0 atom stereocenters. The van der Waals surface area contributed by atoms with Crippen LogP contribution in [-0.4, -0.2) is 20.7 Å². The first kappa shape index (κ1) is 10.3. The van der Waals surface area contributed by atoms with Gasteiger partial charge in [0.1, 0.15) is 5.82 Å². The van der Waals surface area contributed by atoms with Gasteiger partial charge in [0.15, 0.2) is 5.69 Å². The summed E-state index contributed by atoms with van der Waals surface area (Å²) in [4.78, 5) is 15.1. The summed E-state index contributed by atoms with van der Waals surface area (Å²) in [6.45, 7) is 0. The number of aryl methyl sites for hydroxylation is 1. The fraction of sp³-hybridized carbons (Fsp3) is 0.100. The molecule has 6 heteroatoms. The Morgan fingerprint density at radius 2 is 2.25 bits per heavy atom. The molecule has 0 fully saturated rings. The van der Waals surface area contributed by atoms with Gasteiger partial charge in [-0.2, -0.15) is 9.49 Å². The summed E-state index contributed by atoms with van der Waals surface area (Å²) in [5, 5.41) is 6.36. The van der Waals surface area contributed by atoms with Crippen molar-refractivity contribution in [1.29, 1.82) is 0 Å². The molecule has 2 rings (SSSR count). The van der Waals surface area contributed by atoms with E-state index in [4.69, 9.17) is 0 Å². The van der Waals surface area contributed by atoms with Crippen molar-refractivity contribution < 1.29 is 9.18 Å². The molecule has 0 bridgehead atoms. The van der Waals surface area contributed by atoms with Gasteiger partial charge in [-0.3, -0.25) is 9.48 Å². The summed E-state index contributed by atoms with van der Waals surface area (Å²) in [5.41, 5.74) is 0.258. The van der Waals surface area contributed by atoms with E-state index in [1.807, 2.05) is 0 Å². The molecule has 0 saturated heterocycles. The molecule has 1 N–H and O–H groups in total. The maximum Gasteiger partial charge on any atom is 0.277 e. The van der Waals surface area contributed by atoms with Crippen molar-refractivity contribution in [3.8, 4) is 0 Å². The number of hydrogen-bond donors (Lipinski definition) is 1. The largest absolute Gasteiger partial charge is 0.305 e. The first-order valence-electron chi connectivity index (χ1n) is 4.59. The Morgan fingerprint density at radius 3 is 2.88 bits per heavy atom. The van der Waals surface area contributed by atoms with E-state index in [1.165, 1.54) is 22.9 Å². The summed E-state index contributed by atoms with van der Waals surface area (Å²) in [5.74, 6) is -0.895. The van der Waals surface area contributed by atoms with E-state index in [0.717, 1.165) is 0 Å². The fourth-order valence-electron chi connectivity index (χ4n) is 1.19. The molecule has 16 heavy (non-hydrogen) atoms. The van der Waals surface area contributed by atoms with Gasteiger partial charge in [-0.15, -0.1) is 0 Å². The minimum absolute atomic E-state index is 0.163. The van der Waals surface area contributed by atoms with Crippen LogP contribution in [0.5, 0.6) is 0 Å². The van der Waals surface area contributed by atoms with Gasteiger partial charge in [0.25, 0.3) is 5.91 Å². The smallest absolute Gasteiger partial charge is 0.277 e. The SMILES string of the molecule is Cn1ccc(C(=O)Nc2cccc(F)n2)n1. The van der Waals surface area contributed by atoms with Crippen LogP contribution < -0.4 is 5.32 Å². The molecule has 0 radical (unpaired) electrons. The predicted octanol–water partition coefficient (Wildman–Crippen LogP) is 1.21. The first-order valence-corrected chi connectivity index (χ1v) is 4.59. The molecular formula is C10H9FN4O. The van der Waals surface area contributed by atoms with Crippen molar-refractivity contribution in [3.05, 3.63) is 42.1 Å². The lowest BCUT2D eigenvalue weighted by molar-refractivity contribution is 0.102. The number of nitrogens with zero attached hydrogens (tertiary/aromatic N) is 3. The lowest BCUT2D eigenvalue weighted by Crippen LogP contribution is -2.14. The van der Waals surface area contributed by atoms with E-state index in [0.29, 0.717) is 0 Å². The predicted molar refractivity (Wildman–Crippen MR) is 55.4 cm³/mol. The Bertz CT molecular complexity index is 523. The van der Waals surface area contributed by atoms with Gasteiger partial charge in [0.05, 0.1) is 0 Å². The summed E-state index contributed by atoms with van der Waals surface area (Å²) < 4.78 is 14.2. The van der Waals surface area contributed by atoms with Crippen molar-refractivity contribution in [1.82, 2.24) is 14.8 Å². The van der Waals surface area contributed by atoms with Crippen LogP contribution in [0.15, 0.2) is 30.5 Å². The van der Waals surface area contributed by atoms with Crippen LogP contribution in [0.2, 0.25) is 0 Å². The number of nitrogens with one attached hydrogen (secondary N) is 1. The molecule has 0 aliphatic heterocycles. The molecule has 2 heterocycles. The molecule has 1 amide bonds. The number of aromatic nitrogens is 3. The summed E-state index contributed by atoms with van der Waals surface area (Å²) in [7, 11) is 1.71. The van der Waals surface area contributed by atoms with Gasteiger partial charge in [0, 0.05) is 13.2 Å². The van der Waals surface area contributed by atoms with E-state index < -0.39 is 11.9 Å². The van der Waals surface area contributed by atoms with E-state index in [-0.39, 0.29) is 11.5 Å². The third kappa shape index (κ3) is 2.22. The van der Waals surface area contributed by atoms with Crippen LogP contribution >= 0.6 is 0 Å². The monoisotopic (exact) mass is 220 g/mol. The molecule has 2 aromatic heterocycles. The van der Waals surface area contributed by atoms with Crippen LogP contribution in [0, 0.1) is 5.95 Å². The highest BCUT2D eigenvalue weighted by atomic mass is 19.1. The fourth-order valence-corrected chi connectivity index (χ4v) is 1.19. The van der Waals surface area contributed by atoms with Gasteiger partial charge in [0.2, 0.25) is 5.95 Å². The average Bonchev–Trinajstić information content (AvgIpc) is 2.65. The van der Waals surface area contributed by atoms with Crippen molar-refractivity contribution in [2.45, 2.75) is 0 Å². The second-order valence-electron chi connectivity index (χ2n) is 3.17. The number of halogens is 1. The van der Waals surface area contributed by atoms with Gasteiger partial charge in [-0.05, 0) is 18.2 Å². The molecule has 0 aliphatic carbocycles. The van der Waals surface area contributed by atoms with Crippen molar-refractivity contribution in [2.24, 2.45) is 7.05 Å². The Kier molecular flexibility index (Phi) is 2.63. The molecule has 0 spiro atoms.